The summed E-state index contributed by atoms with van der Waals surface area (Å²) >= 11 is 0. The van der Waals surface area contributed by atoms with Crippen LogP contribution in [0, 0.1) is 17.8 Å². The molecule has 0 aromatic rings. The van der Waals surface area contributed by atoms with Crippen molar-refractivity contribution < 1.29 is 0 Å². The maximum absolute atomic E-state index is 3.99. The SMILES string of the molecule is C[C@H](NC1CCC2CCCCC2C1)C1CCCC1. The van der Waals surface area contributed by atoms with E-state index in [2.05, 4.69) is 12.2 Å². The number of hydrogen-bond donors (Lipinski definition) is 1. The van der Waals surface area contributed by atoms with E-state index in [1.165, 1.54) is 70.6 Å². The van der Waals surface area contributed by atoms with Crippen LogP contribution in [0.15, 0.2) is 0 Å². The average molecular weight is 249 g/mol. The molecule has 0 heterocycles. The van der Waals surface area contributed by atoms with E-state index in [0.29, 0.717) is 0 Å². The molecule has 0 radical (unpaired) electrons. The van der Waals surface area contributed by atoms with Gasteiger partial charge in [-0.1, -0.05) is 38.5 Å². The standard InChI is InChI=1S/C17H31N/c1-13(14-6-2-3-7-14)18-17-11-10-15-8-4-5-9-16(15)12-17/h13-18H,2-12H2,1H3/t13-,15?,16?,17?/m0/s1. The molecule has 1 heteroatoms. The Morgan fingerprint density at radius 3 is 2.22 bits per heavy atom. The van der Waals surface area contributed by atoms with Gasteiger partial charge in [0.15, 0.2) is 0 Å². The molecule has 0 bridgehead atoms. The minimum Gasteiger partial charge on any atom is -0.311 e. The fourth-order valence-corrected chi connectivity index (χ4v) is 4.99. The van der Waals surface area contributed by atoms with Crippen molar-refractivity contribution >= 4 is 0 Å². The number of fused-ring (bicyclic) bond motifs is 1. The molecule has 0 amide bonds. The van der Waals surface area contributed by atoms with Crippen LogP contribution in [-0.4, -0.2) is 12.1 Å². The predicted molar refractivity (Wildman–Crippen MR) is 77.6 cm³/mol. The van der Waals surface area contributed by atoms with Crippen LogP contribution in [0.2, 0.25) is 0 Å². The van der Waals surface area contributed by atoms with Gasteiger partial charge in [0.2, 0.25) is 0 Å². The van der Waals surface area contributed by atoms with Gasteiger partial charge in [-0.3, -0.25) is 0 Å². The molecular weight excluding hydrogens is 218 g/mol. The molecule has 0 aliphatic heterocycles. The molecule has 4 atom stereocenters. The fourth-order valence-electron chi connectivity index (χ4n) is 4.99. The highest BCUT2D eigenvalue weighted by Crippen LogP contribution is 2.40. The first-order valence-corrected chi connectivity index (χ1v) is 8.59. The zero-order chi connectivity index (χ0) is 12.4. The second-order valence-electron chi connectivity index (χ2n) is 7.31. The first-order valence-electron chi connectivity index (χ1n) is 8.59. The van der Waals surface area contributed by atoms with E-state index < -0.39 is 0 Å². The molecule has 3 rings (SSSR count). The quantitative estimate of drug-likeness (QED) is 0.776. The second-order valence-corrected chi connectivity index (χ2v) is 7.31. The lowest BCUT2D eigenvalue weighted by Gasteiger charge is -2.41. The Hall–Kier alpha value is -0.0400. The Kier molecular flexibility index (Phi) is 4.28. The van der Waals surface area contributed by atoms with Gasteiger partial charge in [0.05, 0.1) is 0 Å². The van der Waals surface area contributed by atoms with Crippen LogP contribution in [0.4, 0.5) is 0 Å². The lowest BCUT2D eigenvalue weighted by Crippen LogP contribution is -2.44. The zero-order valence-electron chi connectivity index (χ0n) is 12.2. The maximum Gasteiger partial charge on any atom is 0.00724 e. The molecule has 3 unspecified atom stereocenters. The van der Waals surface area contributed by atoms with Crippen LogP contribution in [0.3, 0.4) is 0 Å². The maximum atomic E-state index is 3.99. The van der Waals surface area contributed by atoms with Gasteiger partial charge in [-0.05, 0) is 56.8 Å². The third-order valence-corrected chi connectivity index (χ3v) is 6.15. The summed E-state index contributed by atoms with van der Waals surface area (Å²) in [5, 5.41) is 3.99. The normalized spacial score (nSPS) is 39.5. The summed E-state index contributed by atoms with van der Waals surface area (Å²) < 4.78 is 0. The van der Waals surface area contributed by atoms with Crippen molar-refractivity contribution in [3.8, 4) is 0 Å². The third kappa shape index (κ3) is 2.92. The smallest absolute Gasteiger partial charge is 0.00724 e. The summed E-state index contributed by atoms with van der Waals surface area (Å²) in [7, 11) is 0. The van der Waals surface area contributed by atoms with Gasteiger partial charge in [0.25, 0.3) is 0 Å². The molecule has 0 spiro atoms. The lowest BCUT2D eigenvalue weighted by atomic mass is 9.69. The lowest BCUT2D eigenvalue weighted by molar-refractivity contribution is 0.134. The summed E-state index contributed by atoms with van der Waals surface area (Å²) in [4.78, 5) is 0. The van der Waals surface area contributed by atoms with Crippen molar-refractivity contribution in [1.29, 1.82) is 0 Å². The van der Waals surface area contributed by atoms with Gasteiger partial charge in [-0.15, -0.1) is 0 Å². The third-order valence-electron chi connectivity index (χ3n) is 6.15. The zero-order valence-corrected chi connectivity index (χ0v) is 12.2. The summed E-state index contributed by atoms with van der Waals surface area (Å²) in [6.07, 6.45) is 16.5. The number of rotatable bonds is 3. The van der Waals surface area contributed by atoms with Crippen LogP contribution in [0.1, 0.15) is 77.6 Å². The van der Waals surface area contributed by atoms with Crippen LogP contribution in [-0.2, 0) is 0 Å². The molecule has 104 valence electrons. The van der Waals surface area contributed by atoms with Crippen LogP contribution in [0.5, 0.6) is 0 Å². The van der Waals surface area contributed by atoms with Gasteiger partial charge in [-0.2, -0.15) is 0 Å². The molecule has 18 heavy (non-hydrogen) atoms. The Balaban J connectivity index is 1.48. The van der Waals surface area contributed by atoms with E-state index in [9.17, 15) is 0 Å². The Bertz CT molecular complexity index is 256. The number of hydrogen-bond acceptors (Lipinski definition) is 1. The topological polar surface area (TPSA) is 12.0 Å². The van der Waals surface area contributed by atoms with Gasteiger partial charge in [0, 0.05) is 12.1 Å². The molecule has 0 saturated heterocycles. The van der Waals surface area contributed by atoms with Crippen molar-refractivity contribution in [2.75, 3.05) is 0 Å². The van der Waals surface area contributed by atoms with E-state index in [4.69, 9.17) is 0 Å². The molecule has 0 aromatic carbocycles. The molecule has 3 aliphatic rings. The van der Waals surface area contributed by atoms with Gasteiger partial charge in [-0.25, -0.2) is 0 Å². The highest BCUT2D eigenvalue weighted by Gasteiger charge is 2.33. The van der Waals surface area contributed by atoms with Crippen molar-refractivity contribution in [3.05, 3.63) is 0 Å². The molecule has 3 saturated carbocycles. The van der Waals surface area contributed by atoms with E-state index in [0.717, 1.165) is 29.8 Å². The minimum atomic E-state index is 0.776. The van der Waals surface area contributed by atoms with Gasteiger partial charge >= 0.3 is 0 Å². The summed E-state index contributed by atoms with van der Waals surface area (Å²) in [6, 6.07) is 1.62. The summed E-state index contributed by atoms with van der Waals surface area (Å²) in [5.74, 6) is 3.15. The van der Waals surface area contributed by atoms with Crippen molar-refractivity contribution in [2.45, 2.75) is 89.6 Å². The van der Waals surface area contributed by atoms with Crippen molar-refractivity contribution in [2.24, 2.45) is 17.8 Å². The van der Waals surface area contributed by atoms with E-state index in [1.54, 1.807) is 0 Å². The van der Waals surface area contributed by atoms with Crippen LogP contribution < -0.4 is 5.32 Å². The minimum absolute atomic E-state index is 0.776. The molecule has 1 nitrogen and oxygen atoms in total. The summed E-state index contributed by atoms with van der Waals surface area (Å²) in [6.45, 7) is 2.45. The van der Waals surface area contributed by atoms with E-state index >= 15 is 0 Å². The van der Waals surface area contributed by atoms with E-state index in [1.807, 2.05) is 0 Å². The van der Waals surface area contributed by atoms with Crippen LogP contribution >= 0.6 is 0 Å². The van der Waals surface area contributed by atoms with Gasteiger partial charge in [0.1, 0.15) is 0 Å². The largest absolute Gasteiger partial charge is 0.311 e. The molecular formula is C17H31N. The van der Waals surface area contributed by atoms with Gasteiger partial charge < -0.3 is 5.32 Å². The second kappa shape index (κ2) is 5.94. The molecule has 1 N–H and O–H groups in total. The first kappa shape index (κ1) is 13.0. The Labute approximate surface area is 113 Å². The molecule has 3 aliphatic carbocycles. The highest BCUT2D eigenvalue weighted by molar-refractivity contribution is 4.88. The monoisotopic (exact) mass is 249 g/mol. The number of nitrogens with one attached hydrogen (secondary N) is 1. The van der Waals surface area contributed by atoms with Crippen molar-refractivity contribution in [3.63, 3.8) is 0 Å². The van der Waals surface area contributed by atoms with Crippen LogP contribution in [0.25, 0.3) is 0 Å². The summed E-state index contributed by atoms with van der Waals surface area (Å²) in [5.41, 5.74) is 0. The molecule has 3 fully saturated rings. The van der Waals surface area contributed by atoms with E-state index in [-0.39, 0.29) is 0 Å². The van der Waals surface area contributed by atoms with Crippen molar-refractivity contribution in [1.82, 2.24) is 5.32 Å². The molecule has 0 aromatic heterocycles. The average Bonchev–Trinajstić information content (AvgIpc) is 2.92. The highest BCUT2D eigenvalue weighted by atomic mass is 15.0. The predicted octanol–water partition coefficient (Wildman–Crippen LogP) is 4.51. The Morgan fingerprint density at radius 1 is 0.778 bits per heavy atom. The first-order chi connectivity index (χ1) is 8.83. The fraction of sp³-hybridized carbons (Fsp3) is 1.00. The Morgan fingerprint density at radius 2 is 1.44 bits per heavy atom.